The number of alkyl halides is 3. The summed E-state index contributed by atoms with van der Waals surface area (Å²) in [4.78, 5) is 14.2. The highest BCUT2D eigenvalue weighted by Crippen LogP contribution is 2.35. The van der Waals surface area contributed by atoms with Crippen LogP contribution >= 0.6 is 0 Å². The topological polar surface area (TPSA) is 73.0 Å². The van der Waals surface area contributed by atoms with E-state index in [4.69, 9.17) is 0 Å². The molecule has 1 amide bonds. The van der Waals surface area contributed by atoms with Gasteiger partial charge in [-0.3, -0.25) is 9.89 Å². The first-order valence-corrected chi connectivity index (χ1v) is 7.74. The molecule has 0 bridgehead atoms. The molecule has 0 unspecified atom stereocenters. The van der Waals surface area contributed by atoms with Gasteiger partial charge >= 0.3 is 6.18 Å². The maximum Gasteiger partial charge on any atom is 0.416 e. The number of benzene rings is 1. The van der Waals surface area contributed by atoms with Gasteiger partial charge in [-0.2, -0.15) is 18.3 Å². The lowest BCUT2D eigenvalue weighted by molar-refractivity contribution is -0.137. The minimum Gasteiger partial charge on any atom is -0.376 e. The zero-order valence-electron chi connectivity index (χ0n) is 13.8. The second-order valence-electron chi connectivity index (χ2n) is 6.03. The predicted molar refractivity (Wildman–Crippen MR) is 87.7 cm³/mol. The van der Waals surface area contributed by atoms with E-state index >= 15 is 0 Å². The fourth-order valence-electron chi connectivity index (χ4n) is 2.80. The number of amides is 1. The molecule has 3 rings (SSSR count). The Morgan fingerprint density at radius 3 is 2.76 bits per heavy atom. The molecule has 1 aliphatic rings. The SMILES string of the molecule is CN(C)c1ccc(C(F)(F)F)cc1NC(=O)c1n[nH]c2c1CNCC2. The summed E-state index contributed by atoms with van der Waals surface area (Å²) in [5.74, 6) is -0.538. The van der Waals surface area contributed by atoms with E-state index in [-0.39, 0.29) is 11.4 Å². The number of nitrogens with zero attached hydrogens (tertiary/aromatic N) is 2. The largest absolute Gasteiger partial charge is 0.416 e. The van der Waals surface area contributed by atoms with Crippen LogP contribution in [0.2, 0.25) is 0 Å². The number of aromatic amines is 1. The molecule has 25 heavy (non-hydrogen) atoms. The van der Waals surface area contributed by atoms with Crippen molar-refractivity contribution in [3.05, 3.63) is 40.7 Å². The number of anilines is 2. The third kappa shape index (κ3) is 3.46. The molecular weight excluding hydrogens is 335 g/mol. The van der Waals surface area contributed by atoms with Gasteiger partial charge in [0.15, 0.2) is 5.69 Å². The van der Waals surface area contributed by atoms with Crippen LogP contribution in [0.25, 0.3) is 0 Å². The number of hydrogen-bond donors (Lipinski definition) is 3. The number of halogens is 3. The first-order chi connectivity index (χ1) is 11.8. The van der Waals surface area contributed by atoms with Crippen molar-refractivity contribution in [1.29, 1.82) is 0 Å². The summed E-state index contributed by atoms with van der Waals surface area (Å²) in [6.07, 6.45) is -3.76. The number of nitrogens with one attached hydrogen (secondary N) is 3. The van der Waals surface area contributed by atoms with Crippen LogP contribution in [0.3, 0.4) is 0 Å². The Hall–Kier alpha value is -2.55. The molecule has 1 aromatic carbocycles. The molecular formula is C16H18F3N5O. The molecule has 1 aliphatic heterocycles. The lowest BCUT2D eigenvalue weighted by Gasteiger charge is -2.20. The third-order valence-electron chi connectivity index (χ3n) is 4.08. The van der Waals surface area contributed by atoms with Gasteiger partial charge in [-0.15, -0.1) is 0 Å². The highest BCUT2D eigenvalue weighted by molar-refractivity contribution is 6.05. The van der Waals surface area contributed by atoms with Crippen LogP contribution in [0, 0.1) is 0 Å². The highest BCUT2D eigenvalue weighted by atomic mass is 19.4. The average molecular weight is 353 g/mol. The van der Waals surface area contributed by atoms with Crippen molar-refractivity contribution in [1.82, 2.24) is 15.5 Å². The number of aromatic nitrogens is 2. The van der Waals surface area contributed by atoms with Crippen LogP contribution in [0.15, 0.2) is 18.2 Å². The molecule has 1 aromatic heterocycles. The molecule has 2 heterocycles. The predicted octanol–water partition coefficient (Wildman–Crippen LogP) is 2.39. The van der Waals surface area contributed by atoms with Crippen molar-refractivity contribution in [3.63, 3.8) is 0 Å². The van der Waals surface area contributed by atoms with Crippen LogP contribution in [-0.4, -0.2) is 36.7 Å². The molecule has 134 valence electrons. The second kappa shape index (κ2) is 6.40. The maximum atomic E-state index is 13.0. The summed E-state index contributed by atoms with van der Waals surface area (Å²) in [6, 6.07) is 3.26. The summed E-state index contributed by atoms with van der Waals surface area (Å²) < 4.78 is 39.0. The van der Waals surface area contributed by atoms with Crippen LogP contribution in [-0.2, 0) is 19.1 Å². The van der Waals surface area contributed by atoms with Gasteiger partial charge in [0.2, 0.25) is 0 Å². The zero-order chi connectivity index (χ0) is 18.2. The van der Waals surface area contributed by atoms with E-state index in [1.54, 1.807) is 19.0 Å². The smallest absolute Gasteiger partial charge is 0.376 e. The van der Waals surface area contributed by atoms with Crippen LogP contribution in [0.5, 0.6) is 0 Å². The average Bonchev–Trinajstić information content (AvgIpc) is 2.97. The van der Waals surface area contributed by atoms with E-state index < -0.39 is 17.6 Å². The van der Waals surface area contributed by atoms with Crippen molar-refractivity contribution >= 4 is 17.3 Å². The summed E-state index contributed by atoms with van der Waals surface area (Å²) >= 11 is 0. The van der Waals surface area contributed by atoms with Crippen molar-refractivity contribution in [2.45, 2.75) is 19.1 Å². The van der Waals surface area contributed by atoms with Gasteiger partial charge in [0.25, 0.3) is 5.91 Å². The number of H-pyrrole nitrogens is 1. The molecule has 2 aromatic rings. The molecule has 9 heteroatoms. The van der Waals surface area contributed by atoms with Gasteiger partial charge in [-0.25, -0.2) is 0 Å². The number of rotatable bonds is 3. The lowest BCUT2D eigenvalue weighted by Crippen LogP contribution is -2.25. The number of hydrogen-bond acceptors (Lipinski definition) is 4. The zero-order valence-corrected chi connectivity index (χ0v) is 13.8. The van der Waals surface area contributed by atoms with Crippen LogP contribution < -0.4 is 15.5 Å². The van der Waals surface area contributed by atoms with Gasteiger partial charge in [0.05, 0.1) is 16.9 Å². The second-order valence-corrected chi connectivity index (χ2v) is 6.03. The first-order valence-electron chi connectivity index (χ1n) is 7.74. The van der Waals surface area contributed by atoms with E-state index in [1.165, 1.54) is 6.07 Å². The Morgan fingerprint density at radius 2 is 2.08 bits per heavy atom. The van der Waals surface area contributed by atoms with E-state index in [0.717, 1.165) is 36.4 Å². The van der Waals surface area contributed by atoms with E-state index in [9.17, 15) is 18.0 Å². The Kier molecular flexibility index (Phi) is 4.42. The highest BCUT2D eigenvalue weighted by Gasteiger charge is 2.31. The molecule has 0 saturated carbocycles. The Balaban J connectivity index is 1.93. The number of carbonyl (C=O) groups is 1. The number of fused-ring (bicyclic) bond motifs is 1. The minimum absolute atomic E-state index is 0.0883. The van der Waals surface area contributed by atoms with Gasteiger partial charge in [0, 0.05) is 44.9 Å². The number of carbonyl (C=O) groups excluding carboxylic acids is 1. The molecule has 0 fully saturated rings. The Labute approximate surface area is 142 Å². The molecule has 0 aliphatic carbocycles. The van der Waals surface area contributed by atoms with Crippen molar-refractivity contribution in [2.75, 3.05) is 30.9 Å². The maximum absolute atomic E-state index is 13.0. The molecule has 0 spiro atoms. The van der Waals surface area contributed by atoms with Gasteiger partial charge < -0.3 is 15.5 Å². The van der Waals surface area contributed by atoms with Crippen LogP contribution in [0.4, 0.5) is 24.5 Å². The van der Waals surface area contributed by atoms with Gasteiger partial charge in [0.1, 0.15) is 0 Å². The molecule has 0 saturated heterocycles. The fourth-order valence-corrected chi connectivity index (χ4v) is 2.80. The van der Waals surface area contributed by atoms with E-state index in [2.05, 4.69) is 20.8 Å². The van der Waals surface area contributed by atoms with Crippen molar-refractivity contribution in [2.24, 2.45) is 0 Å². The summed E-state index contributed by atoms with van der Waals surface area (Å²) in [5.41, 5.74) is 1.57. The van der Waals surface area contributed by atoms with Gasteiger partial charge in [-0.05, 0) is 18.2 Å². The Morgan fingerprint density at radius 1 is 1.32 bits per heavy atom. The molecule has 3 N–H and O–H groups in total. The first kappa shape index (κ1) is 17.3. The lowest BCUT2D eigenvalue weighted by atomic mass is 10.1. The van der Waals surface area contributed by atoms with E-state index in [0.29, 0.717) is 12.2 Å². The van der Waals surface area contributed by atoms with Gasteiger partial charge in [-0.1, -0.05) is 0 Å². The van der Waals surface area contributed by atoms with Crippen molar-refractivity contribution in [3.8, 4) is 0 Å². The minimum atomic E-state index is -4.49. The standard InChI is InChI=1S/C16H18F3N5O/c1-24(2)13-4-3-9(16(17,18)19)7-12(13)21-15(25)14-10-8-20-6-5-11(10)22-23-14/h3-4,7,20H,5-6,8H2,1-2H3,(H,21,25)(H,22,23). The molecule has 6 nitrogen and oxygen atoms in total. The van der Waals surface area contributed by atoms with Crippen molar-refractivity contribution < 1.29 is 18.0 Å². The van der Waals surface area contributed by atoms with E-state index in [1.807, 2.05) is 0 Å². The fraction of sp³-hybridized carbons (Fsp3) is 0.375. The quantitative estimate of drug-likeness (QED) is 0.792. The third-order valence-corrected chi connectivity index (χ3v) is 4.08. The normalized spacial score (nSPS) is 14.1. The summed E-state index contributed by atoms with van der Waals surface area (Å²) in [7, 11) is 3.39. The molecule has 0 atom stereocenters. The molecule has 0 radical (unpaired) electrons. The summed E-state index contributed by atoms with van der Waals surface area (Å²) in [6.45, 7) is 1.28. The Bertz CT molecular complexity index is 798. The summed E-state index contributed by atoms with van der Waals surface area (Å²) in [5, 5.41) is 12.6. The van der Waals surface area contributed by atoms with Crippen LogP contribution in [0.1, 0.15) is 27.3 Å². The monoisotopic (exact) mass is 353 g/mol.